The highest BCUT2D eigenvalue weighted by molar-refractivity contribution is 6.04. The van der Waals surface area contributed by atoms with Crippen molar-refractivity contribution < 1.29 is 19.4 Å². The van der Waals surface area contributed by atoms with E-state index < -0.39 is 24.0 Å². The number of hydrogen-bond donors (Lipinski definition) is 5. The molecular formula is C22H21N5O5. The van der Waals surface area contributed by atoms with Gasteiger partial charge in [-0.25, -0.2) is 0 Å². The first-order valence-electron chi connectivity index (χ1n) is 9.83. The number of nitrogen functional groups attached to an aromatic ring is 1. The van der Waals surface area contributed by atoms with Crippen LogP contribution in [0.2, 0.25) is 0 Å². The van der Waals surface area contributed by atoms with Crippen LogP contribution in [0.25, 0.3) is 10.9 Å². The number of nitrogens with two attached hydrogens (primary N) is 1. The summed E-state index contributed by atoms with van der Waals surface area (Å²) in [5, 5.41) is 21.2. The number of aromatic nitrogens is 1. The fourth-order valence-corrected chi connectivity index (χ4v) is 3.48. The molecule has 0 bridgehead atoms. The number of anilines is 2. The van der Waals surface area contributed by atoms with Crippen molar-refractivity contribution in [2.75, 3.05) is 23.4 Å². The number of hydrogen-bond acceptors (Lipinski definition) is 6. The molecular weight excluding hydrogens is 414 g/mol. The number of nitrogens with zero attached hydrogens (tertiary/aromatic N) is 1. The zero-order valence-electron chi connectivity index (χ0n) is 16.9. The number of H-pyrrole nitrogens is 1. The van der Waals surface area contributed by atoms with Gasteiger partial charge >= 0.3 is 0 Å². The number of carbonyl (C=O) groups is 2. The van der Waals surface area contributed by atoms with Crippen LogP contribution in [0.4, 0.5) is 11.4 Å². The number of carbonyl (C=O) groups excluding carboxylic acids is 2. The van der Waals surface area contributed by atoms with Gasteiger partial charge in [-0.3, -0.25) is 19.8 Å². The third-order valence-corrected chi connectivity index (χ3v) is 5.16. The number of ether oxygens (including phenoxy) is 1. The Bertz CT molecular complexity index is 1250. The average Bonchev–Trinajstić information content (AvgIpc) is 2.79. The second kappa shape index (κ2) is 8.61. The number of morpholine rings is 1. The molecule has 1 fully saturated rings. The molecule has 164 valence electrons. The summed E-state index contributed by atoms with van der Waals surface area (Å²) in [7, 11) is 0. The molecule has 4 rings (SSSR count). The maximum atomic E-state index is 13.0. The lowest BCUT2D eigenvalue weighted by Gasteiger charge is -2.34. The molecule has 2 aromatic carbocycles. The first kappa shape index (κ1) is 21.2. The second-order valence-corrected chi connectivity index (χ2v) is 7.30. The van der Waals surface area contributed by atoms with E-state index in [1.54, 1.807) is 36.4 Å². The van der Waals surface area contributed by atoms with Crippen molar-refractivity contribution in [2.24, 2.45) is 5.73 Å². The quantitative estimate of drug-likeness (QED) is 0.290. The van der Waals surface area contributed by atoms with Gasteiger partial charge < -0.3 is 30.8 Å². The molecule has 1 saturated heterocycles. The van der Waals surface area contributed by atoms with E-state index in [1.807, 2.05) is 0 Å². The minimum absolute atomic E-state index is 0.107. The lowest BCUT2D eigenvalue weighted by atomic mass is 10.1. The molecule has 10 nitrogen and oxygen atoms in total. The number of amides is 2. The van der Waals surface area contributed by atoms with Gasteiger partial charge in [0.25, 0.3) is 11.8 Å². The van der Waals surface area contributed by atoms with E-state index in [0.717, 1.165) is 5.39 Å². The molecule has 1 aromatic heterocycles. The monoisotopic (exact) mass is 435 g/mol. The molecule has 0 aliphatic carbocycles. The maximum Gasteiger partial charge on any atom is 0.259 e. The second-order valence-electron chi connectivity index (χ2n) is 7.30. The summed E-state index contributed by atoms with van der Waals surface area (Å²) in [5.41, 5.74) is 7.25. The summed E-state index contributed by atoms with van der Waals surface area (Å²) in [6, 6.07) is 14.4. The fourth-order valence-electron chi connectivity index (χ4n) is 3.48. The van der Waals surface area contributed by atoms with E-state index in [-0.39, 0.29) is 24.5 Å². The average molecular weight is 435 g/mol. The van der Waals surface area contributed by atoms with Crippen LogP contribution in [-0.4, -0.2) is 53.1 Å². The lowest BCUT2D eigenvalue weighted by Crippen LogP contribution is -2.55. The molecule has 1 aliphatic rings. The summed E-state index contributed by atoms with van der Waals surface area (Å²) in [6.45, 7) is 0.392. The summed E-state index contributed by atoms with van der Waals surface area (Å²) in [4.78, 5) is 41.1. The highest BCUT2D eigenvalue weighted by atomic mass is 16.5. The first-order valence-corrected chi connectivity index (χ1v) is 9.83. The fraction of sp³-hybridized carbons (Fsp3) is 0.182. The number of aliphatic hydroxyl groups is 1. The van der Waals surface area contributed by atoms with Crippen molar-refractivity contribution in [3.8, 4) is 0 Å². The molecule has 2 heterocycles. The van der Waals surface area contributed by atoms with Gasteiger partial charge in [0.1, 0.15) is 5.84 Å². The van der Waals surface area contributed by atoms with Gasteiger partial charge in [0.05, 0.1) is 6.61 Å². The van der Waals surface area contributed by atoms with Gasteiger partial charge in [-0.2, -0.15) is 0 Å². The Hall–Kier alpha value is -4.02. The van der Waals surface area contributed by atoms with Crippen molar-refractivity contribution in [2.45, 2.75) is 12.2 Å². The Morgan fingerprint density at radius 1 is 1.19 bits per heavy atom. The molecule has 0 spiro atoms. The Labute approximate surface area is 182 Å². The Kier molecular flexibility index (Phi) is 5.71. The molecule has 3 aromatic rings. The third-order valence-electron chi connectivity index (χ3n) is 5.16. The van der Waals surface area contributed by atoms with Crippen molar-refractivity contribution in [1.82, 2.24) is 4.98 Å². The number of aliphatic hydroxyl groups excluding tert-OH is 1. The van der Waals surface area contributed by atoms with E-state index in [0.29, 0.717) is 22.5 Å². The topological polar surface area (TPSA) is 162 Å². The minimum atomic E-state index is -1.73. The molecule has 2 atom stereocenters. The van der Waals surface area contributed by atoms with Crippen molar-refractivity contribution in [3.05, 3.63) is 70.5 Å². The number of benzene rings is 2. The van der Waals surface area contributed by atoms with E-state index in [2.05, 4.69) is 10.3 Å². The highest BCUT2D eigenvalue weighted by Crippen LogP contribution is 2.24. The Morgan fingerprint density at radius 3 is 2.66 bits per heavy atom. The predicted octanol–water partition coefficient (Wildman–Crippen LogP) is 0.544. The third kappa shape index (κ3) is 4.22. The van der Waals surface area contributed by atoms with E-state index >= 15 is 0 Å². The maximum absolute atomic E-state index is 13.0. The minimum Gasteiger partial charge on any atom is -0.384 e. The largest absolute Gasteiger partial charge is 0.384 e. The first-order chi connectivity index (χ1) is 15.3. The molecule has 10 heteroatoms. The Morgan fingerprint density at radius 2 is 1.94 bits per heavy atom. The van der Waals surface area contributed by atoms with Crippen LogP contribution in [-0.2, 0) is 14.3 Å². The van der Waals surface area contributed by atoms with Crippen molar-refractivity contribution >= 4 is 39.9 Å². The van der Waals surface area contributed by atoms with Gasteiger partial charge in [-0.15, -0.1) is 0 Å². The Balaban J connectivity index is 1.49. The SMILES string of the molecule is N=C(N)c1ccc(NC(=O)[C@H](O)[C@H]2OCCN(c3ccc4[nH]c(=O)ccc4c3)C2=O)cc1. The van der Waals surface area contributed by atoms with E-state index in [4.69, 9.17) is 15.9 Å². The summed E-state index contributed by atoms with van der Waals surface area (Å²) >= 11 is 0. The van der Waals surface area contributed by atoms with Crippen LogP contribution >= 0.6 is 0 Å². The number of pyridine rings is 1. The van der Waals surface area contributed by atoms with Crippen LogP contribution in [0.5, 0.6) is 0 Å². The van der Waals surface area contributed by atoms with Crippen molar-refractivity contribution in [3.63, 3.8) is 0 Å². The summed E-state index contributed by atoms with van der Waals surface area (Å²) in [6.07, 6.45) is -3.10. The summed E-state index contributed by atoms with van der Waals surface area (Å²) in [5.74, 6) is -1.45. The summed E-state index contributed by atoms with van der Waals surface area (Å²) < 4.78 is 5.42. The molecule has 32 heavy (non-hydrogen) atoms. The molecule has 0 unspecified atom stereocenters. The van der Waals surface area contributed by atoms with Gasteiger partial charge in [0, 0.05) is 40.5 Å². The zero-order valence-corrected chi connectivity index (χ0v) is 16.9. The van der Waals surface area contributed by atoms with Gasteiger partial charge in [0.2, 0.25) is 5.56 Å². The lowest BCUT2D eigenvalue weighted by molar-refractivity contribution is -0.150. The molecule has 0 saturated carbocycles. The van der Waals surface area contributed by atoms with Gasteiger partial charge in [-0.1, -0.05) is 0 Å². The number of amidine groups is 1. The van der Waals surface area contributed by atoms with E-state index in [1.165, 1.54) is 23.1 Å². The normalized spacial score (nSPS) is 17.2. The van der Waals surface area contributed by atoms with Gasteiger partial charge in [0.15, 0.2) is 12.2 Å². The van der Waals surface area contributed by atoms with Crippen LogP contribution in [0.3, 0.4) is 0 Å². The van der Waals surface area contributed by atoms with E-state index in [9.17, 15) is 19.5 Å². The number of nitrogens with one attached hydrogen (secondary N) is 3. The predicted molar refractivity (Wildman–Crippen MR) is 119 cm³/mol. The van der Waals surface area contributed by atoms with Crippen LogP contribution in [0, 0.1) is 5.41 Å². The number of aromatic amines is 1. The molecule has 2 amide bonds. The smallest absolute Gasteiger partial charge is 0.259 e. The van der Waals surface area contributed by atoms with Gasteiger partial charge in [-0.05, 0) is 48.5 Å². The number of fused-ring (bicyclic) bond motifs is 1. The van der Waals surface area contributed by atoms with Crippen LogP contribution in [0.15, 0.2) is 59.4 Å². The molecule has 1 aliphatic heterocycles. The highest BCUT2D eigenvalue weighted by Gasteiger charge is 2.39. The zero-order chi connectivity index (χ0) is 22.8. The molecule has 0 radical (unpaired) electrons. The standard InChI is InChI=1S/C22H21N5O5/c23-20(24)12-1-4-14(5-2-12)25-21(30)18(29)19-22(31)27(9-10-32-19)15-6-7-16-13(11-15)3-8-17(28)26-16/h1-8,11,18-19,29H,9-10H2,(H3,23,24)(H,25,30)(H,26,28)/t18-,19-/m1/s1. The van der Waals surface area contributed by atoms with Crippen LogP contribution in [0.1, 0.15) is 5.56 Å². The number of rotatable bonds is 5. The van der Waals surface area contributed by atoms with Crippen molar-refractivity contribution in [1.29, 1.82) is 5.41 Å². The van der Waals surface area contributed by atoms with Crippen LogP contribution < -0.4 is 21.5 Å². The molecule has 6 N–H and O–H groups in total.